The zero-order chi connectivity index (χ0) is 24.2. The Hall–Kier alpha value is -3.63. The van der Waals surface area contributed by atoms with Gasteiger partial charge in [0.15, 0.2) is 0 Å². The van der Waals surface area contributed by atoms with Gasteiger partial charge in [0.1, 0.15) is 11.9 Å². The third kappa shape index (κ3) is 5.41. The number of ether oxygens (including phenoxy) is 1. The van der Waals surface area contributed by atoms with E-state index in [1.165, 1.54) is 6.20 Å². The number of aryl methyl sites for hydroxylation is 1. The van der Waals surface area contributed by atoms with Crippen LogP contribution in [0.25, 0.3) is 11.1 Å². The quantitative estimate of drug-likeness (QED) is 0.416. The minimum Gasteiger partial charge on any atom is -0.405 e. The van der Waals surface area contributed by atoms with Crippen LogP contribution in [0.4, 0.5) is 17.6 Å². The maximum absolute atomic E-state index is 13.4. The molecule has 0 radical (unpaired) electrons. The molecule has 2 N–H and O–H groups in total. The fourth-order valence-electron chi connectivity index (χ4n) is 3.61. The lowest BCUT2D eigenvalue weighted by Crippen LogP contribution is -2.13. The molecule has 0 heterocycles. The molecule has 7 heteroatoms. The molecule has 0 aliphatic carbocycles. The molecule has 0 amide bonds. The Bertz CT molecular complexity index is 1230. The molecule has 1 unspecified atom stereocenters. The molecule has 3 nitrogen and oxygen atoms in total. The Kier molecular flexibility index (Phi) is 7.19. The van der Waals surface area contributed by atoms with Crippen LogP contribution in [-0.4, -0.2) is 0 Å². The van der Waals surface area contributed by atoms with Gasteiger partial charge in [0.25, 0.3) is 0 Å². The molecule has 3 rings (SSSR count). The lowest BCUT2D eigenvalue weighted by Gasteiger charge is -2.22. The molecule has 0 fully saturated rings. The van der Waals surface area contributed by atoms with E-state index in [1.54, 1.807) is 25.1 Å². The van der Waals surface area contributed by atoms with Gasteiger partial charge in [-0.2, -0.15) is 18.4 Å². The van der Waals surface area contributed by atoms with Crippen molar-refractivity contribution in [2.45, 2.75) is 32.7 Å². The fraction of sp³-hybridized carbons (Fsp3) is 0.192. The van der Waals surface area contributed by atoms with Gasteiger partial charge in [-0.05, 0) is 72.1 Å². The summed E-state index contributed by atoms with van der Waals surface area (Å²) in [7, 11) is 0. The molecule has 1 atom stereocenters. The first-order valence-corrected chi connectivity index (χ1v) is 10.1. The number of alkyl halides is 3. The summed E-state index contributed by atoms with van der Waals surface area (Å²) in [5, 5.41) is 9.59. The van der Waals surface area contributed by atoms with Crippen molar-refractivity contribution in [3.63, 3.8) is 0 Å². The Labute approximate surface area is 189 Å². The fourth-order valence-corrected chi connectivity index (χ4v) is 3.61. The van der Waals surface area contributed by atoms with Gasteiger partial charge in [0, 0.05) is 5.56 Å². The Morgan fingerprint density at radius 2 is 1.82 bits per heavy atom. The zero-order valence-corrected chi connectivity index (χ0v) is 18.1. The Morgan fingerprint density at radius 3 is 2.45 bits per heavy atom. The molecule has 0 saturated carbocycles. The van der Waals surface area contributed by atoms with E-state index in [0.29, 0.717) is 28.3 Å². The topological polar surface area (TPSA) is 59.0 Å². The number of hydrogen-bond donors (Lipinski definition) is 1. The summed E-state index contributed by atoms with van der Waals surface area (Å²) >= 11 is 0. The van der Waals surface area contributed by atoms with Crippen LogP contribution in [-0.2, 0) is 17.5 Å². The molecule has 0 aliphatic heterocycles. The number of nitrogens with zero attached hydrogens (tertiary/aromatic N) is 1. The van der Waals surface area contributed by atoms with E-state index >= 15 is 0 Å². The molecular weight excluding hydrogens is 432 g/mol. The number of halogens is 4. The van der Waals surface area contributed by atoms with Crippen molar-refractivity contribution in [1.82, 2.24) is 0 Å². The van der Waals surface area contributed by atoms with Crippen LogP contribution in [0, 0.1) is 24.1 Å². The highest BCUT2D eigenvalue weighted by Crippen LogP contribution is 2.36. The second-order valence-corrected chi connectivity index (χ2v) is 7.63. The van der Waals surface area contributed by atoms with Crippen LogP contribution in [0.3, 0.4) is 0 Å². The number of hydrogen-bond acceptors (Lipinski definition) is 3. The highest BCUT2D eigenvalue weighted by Gasteiger charge is 2.34. The predicted octanol–water partition coefficient (Wildman–Crippen LogP) is 6.81. The first-order chi connectivity index (χ1) is 15.7. The summed E-state index contributed by atoms with van der Waals surface area (Å²) in [5.41, 5.74) is 8.60. The van der Waals surface area contributed by atoms with Gasteiger partial charge < -0.3 is 10.5 Å². The monoisotopic (exact) mass is 454 g/mol. The average Bonchev–Trinajstić information content (AvgIpc) is 2.79. The van der Waals surface area contributed by atoms with Crippen molar-refractivity contribution in [1.29, 1.82) is 5.26 Å². The van der Waals surface area contributed by atoms with Gasteiger partial charge in [-0.1, -0.05) is 36.4 Å². The van der Waals surface area contributed by atoms with Gasteiger partial charge in [0.2, 0.25) is 0 Å². The van der Waals surface area contributed by atoms with Crippen LogP contribution >= 0.6 is 0 Å². The molecule has 0 bridgehead atoms. The summed E-state index contributed by atoms with van der Waals surface area (Å²) in [5.74, 6) is -0.976. The minimum atomic E-state index is -4.72. The summed E-state index contributed by atoms with van der Waals surface area (Å²) in [6.45, 7) is 3.21. The second-order valence-electron chi connectivity index (χ2n) is 7.63. The van der Waals surface area contributed by atoms with Crippen molar-refractivity contribution in [3.05, 3.63) is 106 Å². The molecule has 0 spiro atoms. The molecule has 0 aliphatic rings. The van der Waals surface area contributed by atoms with Gasteiger partial charge in [0.05, 0.1) is 23.8 Å². The normalized spacial score (nSPS) is 12.9. The predicted molar refractivity (Wildman–Crippen MR) is 118 cm³/mol. The van der Waals surface area contributed by atoms with Crippen LogP contribution in [0.15, 0.2) is 72.4 Å². The van der Waals surface area contributed by atoms with Crippen molar-refractivity contribution < 1.29 is 22.3 Å². The molecule has 0 aromatic heterocycles. The zero-order valence-electron chi connectivity index (χ0n) is 18.1. The summed E-state index contributed by atoms with van der Waals surface area (Å²) in [4.78, 5) is 0. The van der Waals surface area contributed by atoms with E-state index in [2.05, 4.69) is 6.07 Å². The first kappa shape index (κ1) is 24.0. The number of benzene rings is 3. The molecular formula is C26H22F4N2O. The van der Waals surface area contributed by atoms with Crippen LogP contribution in [0.1, 0.15) is 40.8 Å². The third-order valence-corrected chi connectivity index (χ3v) is 5.36. The third-order valence-electron chi connectivity index (χ3n) is 5.36. The Balaban J connectivity index is 2.02. The summed E-state index contributed by atoms with van der Waals surface area (Å²) in [6.07, 6.45) is -4.16. The van der Waals surface area contributed by atoms with E-state index in [9.17, 15) is 22.8 Å². The molecule has 0 saturated heterocycles. The SMILES string of the molecule is C/C(=C\N)C(OCc1ccc(F)cc1C(F)(F)F)c1ccc(C#N)c(-c2ccccc2C)c1. The average molecular weight is 454 g/mol. The van der Waals surface area contributed by atoms with Gasteiger partial charge >= 0.3 is 6.18 Å². The maximum Gasteiger partial charge on any atom is 0.416 e. The van der Waals surface area contributed by atoms with Crippen LogP contribution in [0.2, 0.25) is 0 Å². The molecule has 170 valence electrons. The van der Waals surface area contributed by atoms with Gasteiger partial charge in [-0.25, -0.2) is 4.39 Å². The van der Waals surface area contributed by atoms with Crippen molar-refractivity contribution in [3.8, 4) is 17.2 Å². The maximum atomic E-state index is 13.4. The van der Waals surface area contributed by atoms with E-state index in [0.717, 1.165) is 23.3 Å². The summed E-state index contributed by atoms with van der Waals surface area (Å²) in [6, 6.07) is 17.4. The highest BCUT2D eigenvalue weighted by atomic mass is 19.4. The van der Waals surface area contributed by atoms with E-state index in [4.69, 9.17) is 10.5 Å². The number of nitrogens with two attached hydrogens (primary N) is 1. The van der Waals surface area contributed by atoms with Crippen molar-refractivity contribution in [2.24, 2.45) is 5.73 Å². The number of nitriles is 1. The van der Waals surface area contributed by atoms with E-state index in [-0.39, 0.29) is 5.56 Å². The van der Waals surface area contributed by atoms with Crippen LogP contribution in [0.5, 0.6) is 0 Å². The van der Waals surface area contributed by atoms with Gasteiger partial charge in [-0.3, -0.25) is 0 Å². The second kappa shape index (κ2) is 9.88. The smallest absolute Gasteiger partial charge is 0.405 e. The number of rotatable bonds is 6. The largest absolute Gasteiger partial charge is 0.416 e. The first-order valence-electron chi connectivity index (χ1n) is 10.1. The molecule has 33 heavy (non-hydrogen) atoms. The van der Waals surface area contributed by atoms with Crippen molar-refractivity contribution in [2.75, 3.05) is 0 Å². The Morgan fingerprint density at radius 1 is 1.09 bits per heavy atom. The lowest BCUT2D eigenvalue weighted by atomic mass is 9.92. The van der Waals surface area contributed by atoms with Crippen molar-refractivity contribution >= 4 is 0 Å². The minimum absolute atomic E-state index is 0.188. The molecule has 3 aromatic carbocycles. The standard InChI is InChI=1S/C26H22F4N2O/c1-16-5-3-4-6-22(16)23-11-18(7-8-19(23)14-32)25(17(2)13-31)33-15-20-9-10-21(27)12-24(20)26(28,29)30/h3-13,25H,15,31H2,1-2H3/b17-13+. The van der Waals surface area contributed by atoms with Gasteiger partial charge in [-0.15, -0.1) is 0 Å². The highest BCUT2D eigenvalue weighted by molar-refractivity contribution is 5.74. The van der Waals surface area contributed by atoms with E-state index < -0.39 is 30.3 Å². The summed E-state index contributed by atoms with van der Waals surface area (Å²) < 4.78 is 59.5. The van der Waals surface area contributed by atoms with E-state index in [1.807, 2.05) is 31.2 Å². The lowest BCUT2D eigenvalue weighted by molar-refractivity contribution is -0.139. The van der Waals surface area contributed by atoms with Crippen LogP contribution < -0.4 is 5.73 Å². The molecule has 3 aromatic rings.